The molecule has 0 aromatic carbocycles. The average molecular weight is 314 g/mol. The number of methoxy groups -OCH3 is 1. The van der Waals surface area contributed by atoms with Gasteiger partial charge in [-0.05, 0) is 25.8 Å². The van der Waals surface area contributed by atoms with Crippen molar-refractivity contribution in [3.05, 3.63) is 18.5 Å². The van der Waals surface area contributed by atoms with E-state index in [9.17, 15) is 8.42 Å². The van der Waals surface area contributed by atoms with E-state index in [-0.39, 0.29) is 17.9 Å². The third-order valence-electron chi connectivity index (χ3n) is 3.46. The lowest BCUT2D eigenvalue weighted by Crippen LogP contribution is -2.49. The van der Waals surface area contributed by atoms with E-state index >= 15 is 0 Å². The summed E-state index contributed by atoms with van der Waals surface area (Å²) < 4.78 is 31.9. The van der Waals surface area contributed by atoms with E-state index in [1.54, 1.807) is 25.4 Å². The molecular weight excluding hydrogens is 292 g/mol. The molecule has 2 heterocycles. The Bertz CT molecular complexity index is 538. The molecule has 0 spiro atoms. The minimum Gasteiger partial charge on any atom is -0.381 e. The second-order valence-electron chi connectivity index (χ2n) is 5.28. The van der Waals surface area contributed by atoms with Crippen LogP contribution in [0.15, 0.2) is 18.5 Å². The zero-order valence-electron chi connectivity index (χ0n) is 12.4. The Morgan fingerprint density at radius 1 is 1.48 bits per heavy atom. The average Bonchev–Trinajstić information content (AvgIpc) is 2.47. The monoisotopic (exact) mass is 314 g/mol. The molecule has 1 fully saturated rings. The molecule has 1 N–H and O–H groups in total. The molecule has 0 radical (unpaired) electrons. The van der Waals surface area contributed by atoms with Crippen LogP contribution < -0.4 is 9.62 Å². The summed E-state index contributed by atoms with van der Waals surface area (Å²) in [5.74, 6) is 0.619. The molecule has 0 bridgehead atoms. The van der Waals surface area contributed by atoms with Crippen molar-refractivity contribution in [3.8, 4) is 0 Å². The van der Waals surface area contributed by atoms with Gasteiger partial charge in [-0.15, -0.1) is 0 Å². The largest absolute Gasteiger partial charge is 0.381 e. The highest BCUT2D eigenvalue weighted by molar-refractivity contribution is 7.89. The van der Waals surface area contributed by atoms with Crippen molar-refractivity contribution >= 4 is 16.0 Å². The third kappa shape index (κ3) is 4.90. The second-order valence-corrected chi connectivity index (χ2v) is 7.08. The summed E-state index contributed by atoms with van der Waals surface area (Å²) in [6.45, 7) is 3.17. The van der Waals surface area contributed by atoms with E-state index in [0.29, 0.717) is 12.5 Å². The van der Waals surface area contributed by atoms with Crippen LogP contribution in [0, 0.1) is 0 Å². The number of nitrogens with one attached hydrogen (secondary N) is 1. The van der Waals surface area contributed by atoms with E-state index in [1.165, 1.54) is 7.11 Å². The number of ether oxygens (including phenoxy) is 1. The summed E-state index contributed by atoms with van der Waals surface area (Å²) in [7, 11) is -1.83. The molecule has 1 aromatic heterocycles. The van der Waals surface area contributed by atoms with Crippen LogP contribution in [-0.2, 0) is 14.8 Å². The van der Waals surface area contributed by atoms with Crippen LogP contribution in [0.1, 0.15) is 19.8 Å². The maximum Gasteiger partial charge on any atom is 0.225 e. The predicted molar refractivity (Wildman–Crippen MR) is 80.7 cm³/mol. The molecule has 1 aliphatic heterocycles. The smallest absolute Gasteiger partial charge is 0.225 e. The summed E-state index contributed by atoms with van der Waals surface area (Å²) in [5.41, 5.74) is 0. The van der Waals surface area contributed by atoms with Crippen LogP contribution in [-0.4, -0.2) is 56.5 Å². The molecule has 118 valence electrons. The number of nitrogens with zero attached hydrogens (tertiary/aromatic N) is 3. The number of sulfonamides is 1. The lowest BCUT2D eigenvalue weighted by Gasteiger charge is -2.33. The minimum absolute atomic E-state index is 0.0260. The molecule has 1 aliphatic rings. The molecule has 7 nitrogen and oxygen atoms in total. The van der Waals surface area contributed by atoms with Crippen molar-refractivity contribution in [2.45, 2.75) is 31.9 Å². The second kappa shape index (κ2) is 7.15. The molecule has 21 heavy (non-hydrogen) atoms. The summed E-state index contributed by atoms with van der Waals surface area (Å²) >= 11 is 0. The zero-order chi connectivity index (χ0) is 15.3. The first-order valence-corrected chi connectivity index (χ1v) is 8.70. The van der Waals surface area contributed by atoms with Gasteiger partial charge < -0.3 is 9.64 Å². The van der Waals surface area contributed by atoms with E-state index in [2.05, 4.69) is 14.7 Å². The van der Waals surface area contributed by atoms with Crippen molar-refractivity contribution in [1.29, 1.82) is 0 Å². The molecule has 1 saturated heterocycles. The lowest BCUT2D eigenvalue weighted by molar-refractivity contribution is 0.136. The van der Waals surface area contributed by atoms with E-state index in [0.717, 1.165) is 19.4 Å². The zero-order valence-corrected chi connectivity index (χ0v) is 13.2. The molecule has 0 aliphatic carbocycles. The minimum atomic E-state index is -3.34. The number of aromatic nitrogens is 2. The van der Waals surface area contributed by atoms with Gasteiger partial charge in [0, 0.05) is 38.6 Å². The van der Waals surface area contributed by atoms with Crippen LogP contribution in [0.5, 0.6) is 0 Å². The number of anilines is 1. The molecule has 8 heteroatoms. The fourth-order valence-corrected chi connectivity index (χ4v) is 3.94. The SMILES string of the molecule is CO[C@@H](C)CS(=O)(=O)N[C@H]1CCCN(c2ncccn2)C1. The van der Waals surface area contributed by atoms with Crippen molar-refractivity contribution < 1.29 is 13.2 Å². The van der Waals surface area contributed by atoms with Crippen molar-refractivity contribution in [2.24, 2.45) is 0 Å². The van der Waals surface area contributed by atoms with Gasteiger partial charge in [0.1, 0.15) is 0 Å². The Labute approximate surface area is 125 Å². The Balaban J connectivity index is 1.95. The first-order chi connectivity index (χ1) is 10.00. The van der Waals surface area contributed by atoms with Gasteiger partial charge in [-0.1, -0.05) is 0 Å². The molecule has 0 amide bonds. The molecule has 0 saturated carbocycles. The first-order valence-electron chi connectivity index (χ1n) is 7.05. The fourth-order valence-electron chi connectivity index (χ4n) is 2.39. The van der Waals surface area contributed by atoms with E-state index in [1.807, 2.05) is 4.90 Å². The molecule has 2 rings (SSSR count). The predicted octanol–water partition coefficient (Wildman–Crippen LogP) is 0.400. The Morgan fingerprint density at radius 2 is 2.19 bits per heavy atom. The highest BCUT2D eigenvalue weighted by atomic mass is 32.2. The molecule has 1 aromatic rings. The van der Waals surface area contributed by atoms with Crippen molar-refractivity contribution in [3.63, 3.8) is 0 Å². The van der Waals surface area contributed by atoms with Gasteiger partial charge in [0.2, 0.25) is 16.0 Å². The Morgan fingerprint density at radius 3 is 2.86 bits per heavy atom. The van der Waals surface area contributed by atoms with Crippen LogP contribution in [0.2, 0.25) is 0 Å². The normalized spacial score (nSPS) is 21.2. The number of hydrogen-bond acceptors (Lipinski definition) is 6. The van der Waals surface area contributed by atoms with Gasteiger partial charge in [0.15, 0.2) is 0 Å². The quantitative estimate of drug-likeness (QED) is 0.818. The lowest BCUT2D eigenvalue weighted by atomic mass is 10.1. The topological polar surface area (TPSA) is 84.4 Å². The number of piperidine rings is 1. The summed E-state index contributed by atoms with van der Waals surface area (Å²) in [6.07, 6.45) is 4.79. The van der Waals surface area contributed by atoms with Crippen LogP contribution in [0.3, 0.4) is 0 Å². The van der Waals surface area contributed by atoms with Gasteiger partial charge in [-0.3, -0.25) is 0 Å². The van der Waals surface area contributed by atoms with Gasteiger partial charge in [-0.25, -0.2) is 23.1 Å². The Hall–Kier alpha value is -1.25. The number of hydrogen-bond donors (Lipinski definition) is 1. The van der Waals surface area contributed by atoms with Gasteiger partial charge in [-0.2, -0.15) is 0 Å². The fraction of sp³-hybridized carbons (Fsp3) is 0.692. The summed E-state index contributed by atoms with van der Waals surface area (Å²) in [4.78, 5) is 10.4. The van der Waals surface area contributed by atoms with Gasteiger partial charge in [0.05, 0.1) is 11.9 Å². The third-order valence-corrected chi connectivity index (χ3v) is 5.06. The maximum atomic E-state index is 12.1. The maximum absolute atomic E-state index is 12.1. The Kier molecular flexibility index (Phi) is 5.49. The molecule has 0 unspecified atom stereocenters. The first kappa shape index (κ1) is 16.1. The van der Waals surface area contributed by atoms with E-state index < -0.39 is 10.0 Å². The highest BCUT2D eigenvalue weighted by Gasteiger charge is 2.26. The van der Waals surface area contributed by atoms with Crippen LogP contribution >= 0.6 is 0 Å². The van der Waals surface area contributed by atoms with Gasteiger partial charge >= 0.3 is 0 Å². The van der Waals surface area contributed by atoms with Crippen LogP contribution in [0.4, 0.5) is 5.95 Å². The standard InChI is InChI=1S/C13H22N4O3S/c1-11(20-2)10-21(18,19)16-12-5-3-8-17(9-12)13-14-6-4-7-15-13/h4,6-7,11-12,16H,3,5,8-10H2,1-2H3/t11-,12-/m0/s1. The summed E-state index contributed by atoms with van der Waals surface area (Å²) in [6, 6.07) is 1.65. The molecule has 2 atom stereocenters. The van der Waals surface area contributed by atoms with Gasteiger partial charge in [0.25, 0.3) is 0 Å². The van der Waals surface area contributed by atoms with Crippen molar-refractivity contribution in [2.75, 3.05) is 30.9 Å². The number of rotatable bonds is 6. The summed E-state index contributed by atoms with van der Waals surface area (Å²) in [5, 5.41) is 0. The molecular formula is C13H22N4O3S. The van der Waals surface area contributed by atoms with Crippen molar-refractivity contribution in [1.82, 2.24) is 14.7 Å². The highest BCUT2D eigenvalue weighted by Crippen LogP contribution is 2.16. The van der Waals surface area contributed by atoms with E-state index in [4.69, 9.17) is 4.74 Å². The van der Waals surface area contributed by atoms with Crippen LogP contribution in [0.25, 0.3) is 0 Å².